The third kappa shape index (κ3) is 6.46. The van der Waals surface area contributed by atoms with Crippen LogP contribution >= 0.6 is 11.3 Å². The fraction of sp³-hybridized carbons (Fsp3) is 0.500. The summed E-state index contributed by atoms with van der Waals surface area (Å²) in [6.07, 6.45) is -1.64. The largest absolute Gasteiger partial charge is 0.417 e. The van der Waals surface area contributed by atoms with Gasteiger partial charge in [0, 0.05) is 18.1 Å². The van der Waals surface area contributed by atoms with Gasteiger partial charge in [-0.05, 0) is 78.1 Å². The number of amides is 4. The number of hydrogen-bond donors (Lipinski definition) is 2. The van der Waals surface area contributed by atoms with Gasteiger partial charge in [0.15, 0.2) is 0 Å². The van der Waals surface area contributed by atoms with Crippen molar-refractivity contribution in [1.82, 2.24) is 20.1 Å². The molecule has 0 radical (unpaired) electrons. The van der Waals surface area contributed by atoms with Crippen molar-refractivity contribution in [2.75, 3.05) is 37.9 Å². The van der Waals surface area contributed by atoms with E-state index in [1.165, 1.54) is 11.1 Å². The molecule has 2 N–H and O–H groups in total. The van der Waals surface area contributed by atoms with Crippen molar-refractivity contribution < 1.29 is 27.6 Å². The number of likely N-dealkylation sites (N-methyl/N-ethyl adjacent to an activating group) is 1. The number of hydrogen-bond acceptors (Lipinski definition) is 7. The molecule has 1 aliphatic heterocycles. The first-order valence-corrected chi connectivity index (χ1v) is 12.5. The van der Waals surface area contributed by atoms with Gasteiger partial charge in [-0.3, -0.25) is 9.59 Å². The predicted molar refractivity (Wildman–Crippen MR) is 135 cm³/mol. The number of alkyl halides is 3. The van der Waals surface area contributed by atoms with Gasteiger partial charge in [0.25, 0.3) is 5.91 Å². The molecule has 13 heteroatoms. The Kier molecular flexibility index (Phi) is 8.60. The molecule has 1 fully saturated rings. The zero-order valence-corrected chi connectivity index (χ0v) is 22.2. The zero-order chi connectivity index (χ0) is 27.5. The minimum Gasteiger partial charge on any atom is -0.309 e. The molecular weight excluding hydrogens is 509 g/mol. The van der Waals surface area contributed by atoms with Gasteiger partial charge in [-0.25, -0.2) is 14.7 Å². The Morgan fingerprint density at radius 2 is 1.95 bits per heavy atom. The average Bonchev–Trinajstić information content (AvgIpc) is 3.35. The highest BCUT2D eigenvalue weighted by Crippen LogP contribution is 2.40. The molecule has 4 amide bonds. The number of thiophene rings is 1. The first-order chi connectivity index (χ1) is 17.3. The highest BCUT2D eigenvalue weighted by atomic mass is 32.1. The summed E-state index contributed by atoms with van der Waals surface area (Å²) in [7, 11) is 5.63. The Morgan fingerprint density at radius 3 is 2.54 bits per heavy atom. The number of aromatic nitrogens is 1. The lowest BCUT2D eigenvalue weighted by molar-refractivity contribution is -0.137. The van der Waals surface area contributed by atoms with Crippen LogP contribution in [0.15, 0.2) is 29.8 Å². The van der Waals surface area contributed by atoms with Gasteiger partial charge in [0.1, 0.15) is 16.4 Å². The fourth-order valence-electron chi connectivity index (χ4n) is 3.94. The number of carbonyl (C=O) groups excluding carboxylic acids is 3. The molecule has 37 heavy (non-hydrogen) atoms. The Balaban J connectivity index is 1.74. The molecule has 3 rings (SSSR count). The first-order valence-electron chi connectivity index (χ1n) is 11.7. The number of anilines is 2. The van der Waals surface area contributed by atoms with Crippen LogP contribution in [-0.4, -0.2) is 71.9 Å². The van der Waals surface area contributed by atoms with E-state index >= 15 is 0 Å². The second-order valence-corrected chi connectivity index (χ2v) is 10.5. The molecule has 0 aliphatic carbocycles. The Morgan fingerprint density at radius 1 is 1.24 bits per heavy atom. The van der Waals surface area contributed by atoms with E-state index in [1.807, 2.05) is 19.0 Å². The number of urea groups is 1. The summed E-state index contributed by atoms with van der Waals surface area (Å²) >= 11 is 0.683. The minimum absolute atomic E-state index is 0.00470. The van der Waals surface area contributed by atoms with E-state index < -0.39 is 35.3 Å². The number of imide groups is 1. The normalized spacial score (nSPS) is 16.6. The van der Waals surface area contributed by atoms with Crippen LogP contribution in [0.1, 0.15) is 37.8 Å². The molecule has 2 aromatic rings. The number of nitrogens with one attached hydrogen (secondary N) is 2. The molecule has 3 heterocycles. The number of halogens is 3. The van der Waals surface area contributed by atoms with E-state index in [4.69, 9.17) is 0 Å². The van der Waals surface area contributed by atoms with Crippen LogP contribution in [-0.2, 0) is 22.3 Å². The molecule has 1 unspecified atom stereocenters. The van der Waals surface area contributed by atoms with Crippen LogP contribution in [0.25, 0.3) is 0 Å². The maximum absolute atomic E-state index is 13.2. The van der Waals surface area contributed by atoms with Crippen LogP contribution in [0.5, 0.6) is 0 Å². The molecule has 1 atom stereocenters. The summed E-state index contributed by atoms with van der Waals surface area (Å²) in [6, 6.07) is 2.92. The average molecular weight is 541 g/mol. The maximum atomic E-state index is 13.2. The quantitative estimate of drug-likeness (QED) is 0.446. The lowest BCUT2D eigenvalue weighted by Gasteiger charge is -2.27. The van der Waals surface area contributed by atoms with Crippen LogP contribution in [0.4, 0.5) is 28.8 Å². The number of rotatable bonds is 10. The van der Waals surface area contributed by atoms with Crippen molar-refractivity contribution >= 4 is 40.0 Å². The van der Waals surface area contributed by atoms with Gasteiger partial charge in [0.2, 0.25) is 5.91 Å². The molecule has 1 aliphatic rings. The van der Waals surface area contributed by atoms with Crippen LogP contribution in [0, 0.1) is 0 Å². The predicted octanol–water partition coefficient (Wildman–Crippen LogP) is 3.78. The Bertz CT molecular complexity index is 1150. The third-order valence-electron chi connectivity index (χ3n) is 6.14. The monoisotopic (exact) mass is 540 g/mol. The Hall–Kier alpha value is -3.03. The van der Waals surface area contributed by atoms with Crippen molar-refractivity contribution in [3.8, 4) is 0 Å². The summed E-state index contributed by atoms with van der Waals surface area (Å²) in [6.45, 7) is 3.92. The van der Waals surface area contributed by atoms with Gasteiger partial charge in [-0.15, -0.1) is 11.3 Å². The molecule has 9 nitrogen and oxygen atoms in total. The van der Waals surface area contributed by atoms with Crippen LogP contribution in [0.3, 0.4) is 0 Å². The number of carbonyl (C=O) groups is 3. The SMILES string of the molecule is CNC(CCCN(C)C)C(=O)Nc1cc(CN2C(=O)N(c3cc(C(F)(F)F)cs3)C(=O)C2(C)C)ccn1. The summed E-state index contributed by atoms with van der Waals surface area (Å²) in [4.78, 5) is 47.3. The lowest BCUT2D eigenvalue weighted by Crippen LogP contribution is -2.43. The van der Waals surface area contributed by atoms with E-state index in [9.17, 15) is 27.6 Å². The second kappa shape index (κ2) is 11.2. The van der Waals surface area contributed by atoms with Crippen LogP contribution in [0.2, 0.25) is 0 Å². The third-order valence-corrected chi connectivity index (χ3v) is 7.05. The van der Waals surface area contributed by atoms with E-state index in [-0.39, 0.29) is 23.3 Å². The lowest BCUT2D eigenvalue weighted by atomic mass is 10.0. The fourth-order valence-corrected chi connectivity index (χ4v) is 4.85. The number of nitrogens with zero attached hydrogens (tertiary/aromatic N) is 4. The smallest absolute Gasteiger partial charge is 0.309 e. The highest BCUT2D eigenvalue weighted by Gasteiger charge is 2.52. The molecule has 0 spiro atoms. The van der Waals surface area contributed by atoms with Gasteiger partial charge in [-0.1, -0.05) is 0 Å². The summed E-state index contributed by atoms with van der Waals surface area (Å²) in [5.74, 6) is -0.579. The van der Waals surface area contributed by atoms with Crippen LogP contribution < -0.4 is 15.5 Å². The maximum Gasteiger partial charge on any atom is 0.417 e. The Labute approximate surface area is 217 Å². The molecule has 0 saturated carbocycles. The topological polar surface area (TPSA) is 97.9 Å². The van der Waals surface area contributed by atoms with Crippen molar-refractivity contribution in [3.63, 3.8) is 0 Å². The molecule has 202 valence electrons. The minimum atomic E-state index is -4.58. The van der Waals surface area contributed by atoms with E-state index in [2.05, 4.69) is 15.6 Å². The van der Waals surface area contributed by atoms with Gasteiger partial charge < -0.3 is 20.4 Å². The van der Waals surface area contributed by atoms with Crippen molar-refractivity contribution in [3.05, 3.63) is 40.9 Å². The molecular formula is C24H31F3N6O3S. The van der Waals surface area contributed by atoms with Gasteiger partial charge in [0.05, 0.1) is 11.6 Å². The van der Waals surface area contributed by atoms with Gasteiger partial charge in [-0.2, -0.15) is 13.2 Å². The van der Waals surface area contributed by atoms with Gasteiger partial charge >= 0.3 is 12.2 Å². The second-order valence-electron chi connectivity index (χ2n) is 9.57. The molecule has 0 bridgehead atoms. The zero-order valence-electron chi connectivity index (χ0n) is 21.3. The van der Waals surface area contributed by atoms with E-state index in [0.717, 1.165) is 29.3 Å². The highest BCUT2D eigenvalue weighted by molar-refractivity contribution is 7.14. The van der Waals surface area contributed by atoms with Crippen molar-refractivity contribution in [2.24, 2.45) is 0 Å². The van der Waals surface area contributed by atoms with Crippen molar-refractivity contribution in [2.45, 2.75) is 51.0 Å². The summed E-state index contributed by atoms with van der Waals surface area (Å²) in [5, 5.41) is 6.56. The molecule has 1 saturated heterocycles. The first kappa shape index (κ1) is 28.5. The summed E-state index contributed by atoms with van der Waals surface area (Å²) in [5.41, 5.74) is -1.62. The number of pyridine rings is 1. The standard InChI is InChI=1S/C24H31F3N6O3S/c1-23(2)21(35)33(19-12-16(14-37-19)24(25,26)27)22(36)32(23)13-15-8-9-29-18(11-15)30-20(34)17(28-3)7-6-10-31(4)5/h8-9,11-12,14,17,28H,6-7,10,13H2,1-5H3,(H,29,30,34). The molecule has 0 aromatic carbocycles. The van der Waals surface area contributed by atoms with E-state index in [0.29, 0.717) is 23.3 Å². The molecule has 2 aromatic heterocycles. The summed E-state index contributed by atoms with van der Waals surface area (Å²) < 4.78 is 39.2. The van der Waals surface area contributed by atoms with E-state index in [1.54, 1.807) is 33.0 Å². The van der Waals surface area contributed by atoms with Crippen molar-refractivity contribution in [1.29, 1.82) is 0 Å².